The fourth-order valence-corrected chi connectivity index (χ4v) is 3.63. The molecule has 0 spiro atoms. The number of nitrogens with one attached hydrogen (secondary N) is 1. The molecule has 1 atom stereocenters. The van der Waals surface area contributed by atoms with Crippen molar-refractivity contribution in [1.29, 1.82) is 0 Å². The van der Waals surface area contributed by atoms with Crippen molar-refractivity contribution in [2.45, 2.75) is 57.5 Å². The lowest BCUT2D eigenvalue weighted by atomic mass is 9.94. The van der Waals surface area contributed by atoms with Gasteiger partial charge in [-0.25, -0.2) is 0 Å². The van der Waals surface area contributed by atoms with Crippen molar-refractivity contribution < 1.29 is 0 Å². The van der Waals surface area contributed by atoms with Gasteiger partial charge in [0.15, 0.2) is 0 Å². The molecule has 21 heavy (non-hydrogen) atoms. The Morgan fingerprint density at radius 2 is 1.86 bits per heavy atom. The van der Waals surface area contributed by atoms with Gasteiger partial charge in [0, 0.05) is 16.6 Å². The summed E-state index contributed by atoms with van der Waals surface area (Å²) in [6, 6.07) is 10.0. The molecule has 1 aliphatic carbocycles. The SMILES string of the molecule is CCNC(CCN(C)C1CCCCC1)c1ccc(Br)cc1. The summed E-state index contributed by atoms with van der Waals surface area (Å²) in [6.07, 6.45) is 8.23. The van der Waals surface area contributed by atoms with Gasteiger partial charge in [0.25, 0.3) is 0 Å². The molecule has 3 heteroatoms. The zero-order chi connectivity index (χ0) is 15.1. The van der Waals surface area contributed by atoms with Gasteiger partial charge in [-0.05, 0) is 57.1 Å². The Hall–Kier alpha value is -0.380. The molecule has 118 valence electrons. The van der Waals surface area contributed by atoms with Crippen molar-refractivity contribution in [2.24, 2.45) is 0 Å². The highest BCUT2D eigenvalue weighted by Crippen LogP contribution is 2.24. The summed E-state index contributed by atoms with van der Waals surface area (Å²) in [5.74, 6) is 0. The number of halogens is 1. The molecule has 2 rings (SSSR count). The van der Waals surface area contributed by atoms with Crippen molar-refractivity contribution >= 4 is 15.9 Å². The first-order valence-corrected chi connectivity index (χ1v) is 9.19. The number of rotatable bonds is 7. The van der Waals surface area contributed by atoms with E-state index in [1.54, 1.807) is 0 Å². The number of benzene rings is 1. The predicted molar refractivity (Wildman–Crippen MR) is 94.7 cm³/mol. The Balaban J connectivity index is 1.88. The van der Waals surface area contributed by atoms with Crippen LogP contribution in [0, 0.1) is 0 Å². The van der Waals surface area contributed by atoms with Crippen LogP contribution in [0.2, 0.25) is 0 Å². The third-order valence-electron chi connectivity index (χ3n) is 4.69. The van der Waals surface area contributed by atoms with E-state index in [1.807, 2.05) is 0 Å². The second-order valence-corrected chi connectivity index (χ2v) is 7.14. The maximum absolute atomic E-state index is 3.63. The molecule has 1 fully saturated rings. The van der Waals surface area contributed by atoms with Crippen molar-refractivity contribution in [3.8, 4) is 0 Å². The summed E-state index contributed by atoms with van der Waals surface area (Å²) in [7, 11) is 2.31. The van der Waals surface area contributed by atoms with Crippen LogP contribution in [-0.2, 0) is 0 Å². The molecule has 0 bridgehead atoms. The van der Waals surface area contributed by atoms with E-state index in [9.17, 15) is 0 Å². The van der Waals surface area contributed by atoms with Crippen LogP contribution in [0.4, 0.5) is 0 Å². The monoisotopic (exact) mass is 352 g/mol. The summed E-state index contributed by atoms with van der Waals surface area (Å²) in [5.41, 5.74) is 1.40. The van der Waals surface area contributed by atoms with Gasteiger partial charge in [0.1, 0.15) is 0 Å². The lowest BCUT2D eigenvalue weighted by Crippen LogP contribution is -2.36. The fraction of sp³-hybridized carbons (Fsp3) is 0.667. The van der Waals surface area contributed by atoms with Gasteiger partial charge in [0.2, 0.25) is 0 Å². The smallest absolute Gasteiger partial charge is 0.0332 e. The van der Waals surface area contributed by atoms with Crippen molar-refractivity contribution in [2.75, 3.05) is 20.1 Å². The van der Waals surface area contributed by atoms with Gasteiger partial charge < -0.3 is 10.2 Å². The Labute approximate surface area is 138 Å². The minimum absolute atomic E-state index is 0.467. The molecule has 1 N–H and O–H groups in total. The molecule has 1 aliphatic rings. The van der Waals surface area contributed by atoms with Crippen LogP contribution < -0.4 is 5.32 Å². The fourth-order valence-electron chi connectivity index (χ4n) is 3.37. The predicted octanol–water partition coefficient (Wildman–Crippen LogP) is 4.75. The summed E-state index contributed by atoms with van der Waals surface area (Å²) in [5, 5.41) is 3.63. The third kappa shape index (κ3) is 5.39. The molecular weight excluding hydrogens is 324 g/mol. The summed E-state index contributed by atoms with van der Waals surface area (Å²) in [4.78, 5) is 2.59. The zero-order valence-electron chi connectivity index (χ0n) is 13.4. The molecule has 0 aromatic heterocycles. The molecule has 1 aromatic rings. The van der Waals surface area contributed by atoms with Crippen LogP contribution in [0.5, 0.6) is 0 Å². The average molecular weight is 353 g/mol. The van der Waals surface area contributed by atoms with E-state index in [1.165, 1.54) is 50.6 Å². The van der Waals surface area contributed by atoms with Gasteiger partial charge >= 0.3 is 0 Å². The molecule has 0 saturated heterocycles. The second kappa shape index (κ2) is 8.92. The molecule has 1 aromatic carbocycles. The maximum Gasteiger partial charge on any atom is 0.0332 e. The number of nitrogens with zero attached hydrogens (tertiary/aromatic N) is 1. The summed E-state index contributed by atoms with van der Waals surface area (Å²) in [6.45, 7) is 4.39. The lowest BCUT2D eigenvalue weighted by molar-refractivity contribution is 0.183. The van der Waals surface area contributed by atoms with Crippen LogP contribution in [-0.4, -0.2) is 31.1 Å². The number of hydrogen-bond donors (Lipinski definition) is 1. The van der Waals surface area contributed by atoms with E-state index >= 15 is 0 Å². The van der Waals surface area contributed by atoms with E-state index in [0.29, 0.717) is 6.04 Å². The lowest BCUT2D eigenvalue weighted by Gasteiger charge is -2.32. The Kier molecular flexibility index (Phi) is 7.21. The zero-order valence-corrected chi connectivity index (χ0v) is 15.0. The van der Waals surface area contributed by atoms with Gasteiger partial charge in [-0.15, -0.1) is 0 Å². The quantitative estimate of drug-likeness (QED) is 0.761. The molecule has 0 amide bonds. The molecule has 2 nitrogen and oxygen atoms in total. The Morgan fingerprint density at radius 3 is 2.48 bits per heavy atom. The molecule has 1 unspecified atom stereocenters. The first-order valence-electron chi connectivity index (χ1n) is 8.39. The minimum Gasteiger partial charge on any atom is -0.310 e. The standard InChI is InChI=1S/C18H29BrN2/c1-3-20-18(15-9-11-16(19)12-10-15)13-14-21(2)17-7-5-4-6-8-17/h9-12,17-18,20H,3-8,13-14H2,1-2H3. The normalized spacial score (nSPS) is 18.1. The highest BCUT2D eigenvalue weighted by Gasteiger charge is 2.19. The van der Waals surface area contributed by atoms with Crippen LogP contribution in [0.25, 0.3) is 0 Å². The molecular formula is C18H29BrN2. The first kappa shape index (κ1) is 17.0. The third-order valence-corrected chi connectivity index (χ3v) is 5.22. The molecule has 0 heterocycles. The topological polar surface area (TPSA) is 15.3 Å². The van der Waals surface area contributed by atoms with Gasteiger partial charge in [-0.1, -0.05) is 54.2 Å². The number of hydrogen-bond acceptors (Lipinski definition) is 2. The van der Waals surface area contributed by atoms with Crippen molar-refractivity contribution in [3.05, 3.63) is 34.3 Å². The maximum atomic E-state index is 3.63. The largest absolute Gasteiger partial charge is 0.310 e. The second-order valence-electron chi connectivity index (χ2n) is 6.22. The molecule has 0 aliphatic heterocycles. The Bertz CT molecular complexity index is 398. The van der Waals surface area contributed by atoms with Gasteiger partial charge in [0.05, 0.1) is 0 Å². The van der Waals surface area contributed by atoms with Crippen LogP contribution in [0.1, 0.15) is 57.1 Å². The highest BCUT2D eigenvalue weighted by molar-refractivity contribution is 9.10. The van der Waals surface area contributed by atoms with E-state index in [4.69, 9.17) is 0 Å². The van der Waals surface area contributed by atoms with Crippen molar-refractivity contribution in [1.82, 2.24) is 10.2 Å². The molecule has 0 radical (unpaired) electrons. The van der Waals surface area contributed by atoms with E-state index in [0.717, 1.165) is 17.1 Å². The van der Waals surface area contributed by atoms with E-state index in [-0.39, 0.29) is 0 Å². The molecule has 1 saturated carbocycles. The van der Waals surface area contributed by atoms with Crippen LogP contribution >= 0.6 is 15.9 Å². The summed E-state index contributed by atoms with van der Waals surface area (Å²) < 4.78 is 1.15. The first-order chi connectivity index (χ1) is 10.2. The van der Waals surface area contributed by atoms with Crippen LogP contribution in [0.3, 0.4) is 0 Å². The highest BCUT2D eigenvalue weighted by atomic mass is 79.9. The van der Waals surface area contributed by atoms with Gasteiger partial charge in [-0.3, -0.25) is 0 Å². The average Bonchev–Trinajstić information content (AvgIpc) is 2.53. The van der Waals surface area contributed by atoms with E-state index < -0.39 is 0 Å². The minimum atomic E-state index is 0.467. The van der Waals surface area contributed by atoms with Gasteiger partial charge in [-0.2, -0.15) is 0 Å². The Morgan fingerprint density at radius 1 is 1.19 bits per heavy atom. The van der Waals surface area contributed by atoms with Crippen molar-refractivity contribution in [3.63, 3.8) is 0 Å². The van der Waals surface area contributed by atoms with E-state index in [2.05, 4.69) is 64.4 Å². The van der Waals surface area contributed by atoms with Crippen LogP contribution in [0.15, 0.2) is 28.7 Å². The summed E-state index contributed by atoms with van der Waals surface area (Å²) >= 11 is 3.52.